The molecule has 6 nitrogen and oxygen atoms in total. The summed E-state index contributed by atoms with van der Waals surface area (Å²) in [7, 11) is 0. The first-order valence-corrected chi connectivity index (χ1v) is 9.94. The zero-order valence-corrected chi connectivity index (χ0v) is 17.6. The zero-order chi connectivity index (χ0) is 21.0. The molecule has 0 saturated carbocycles. The molecule has 150 valence electrons. The first-order chi connectivity index (χ1) is 14.0. The quantitative estimate of drug-likeness (QED) is 0.563. The van der Waals surface area contributed by atoms with Gasteiger partial charge in [0.1, 0.15) is 5.82 Å². The molecule has 0 fully saturated rings. The number of rotatable bonds is 7. The first kappa shape index (κ1) is 20.9. The van der Waals surface area contributed by atoms with E-state index in [4.69, 9.17) is 10.5 Å². The normalized spacial score (nSPS) is 11.9. The molecule has 29 heavy (non-hydrogen) atoms. The molecule has 3 aromatic rings. The van der Waals surface area contributed by atoms with Crippen LogP contribution >= 0.6 is 15.9 Å². The van der Waals surface area contributed by atoms with Crippen molar-refractivity contribution < 1.29 is 13.9 Å². The van der Waals surface area contributed by atoms with Crippen LogP contribution in [0.1, 0.15) is 47.8 Å². The van der Waals surface area contributed by atoms with Crippen molar-refractivity contribution in [2.75, 3.05) is 6.61 Å². The molecular weight excluding hydrogens is 439 g/mol. The van der Waals surface area contributed by atoms with Crippen molar-refractivity contribution in [3.8, 4) is 17.1 Å². The predicted molar refractivity (Wildman–Crippen MR) is 111 cm³/mol. The molecule has 0 spiro atoms. The minimum atomic E-state index is -0.832. The SMILES string of the molecule is CCOc1cncc(-c2ccc(C(N)=O)c(F)c2[C@@H](CC)c2cc(Br)ccn2)n1. The summed E-state index contributed by atoms with van der Waals surface area (Å²) in [6.07, 6.45) is 5.22. The van der Waals surface area contributed by atoms with E-state index in [9.17, 15) is 4.79 Å². The van der Waals surface area contributed by atoms with Crippen LogP contribution in [0, 0.1) is 5.82 Å². The number of pyridine rings is 1. The molecule has 0 aliphatic heterocycles. The average molecular weight is 459 g/mol. The van der Waals surface area contributed by atoms with Crippen molar-refractivity contribution in [1.29, 1.82) is 0 Å². The van der Waals surface area contributed by atoms with Crippen LogP contribution in [0.5, 0.6) is 5.88 Å². The van der Waals surface area contributed by atoms with Crippen LogP contribution < -0.4 is 10.5 Å². The summed E-state index contributed by atoms with van der Waals surface area (Å²) in [5, 5.41) is 0. The number of nitrogens with zero attached hydrogens (tertiary/aromatic N) is 3. The van der Waals surface area contributed by atoms with E-state index in [1.165, 1.54) is 18.5 Å². The molecule has 0 aliphatic rings. The van der Waals surface area contributed by atoms with Crippen molar-refractivity contribution in [3.05, 3.63) is 70.0 Å². The summed E-state index contributed by atoms with van der Waals surface area (Å²) in [6, 6.07) is 6.63. The number of ether oxygens (including phenoxy) is 1. The van der Waals surface area contributed by atoms with E-state index in [-0.39, 0.29) is 5.56 Å². The van der Waals surface area contributed by atoms with Gasteiger partial charge in [-0.2, -0.15) is 0 Å². The first-order valence-electron chi connectivity index (χ1n) is 9.15. The highest BCUT2D eigenvalue weighted by Gasteiger charge is 2.26. The van der Waals surface area contributed by atoms with Gasteiger partial charge in [0.25, 0.3) is 5.91 Å². The summed E-state index contributed by atoms with van der Waals surface area (Å²) in [4.78, 5) is 24.8. The molecule has 0 unspecified atom stereocenters. The Kier molecular flexibility index (Phi) is 6.53. The van der Waals surface area contributed by atoms with Crippen LogP contribution in [0.25, 0.3) is 11.3 Å². The highest BCUT2D eigenvalue weighted by atomic mass is 79.9. The van der Waals surface area contributed by atoms with E-state index in [0.29, 0.717) is 41.4 Å². The van der Waals surface area contributed by atoms with Gasteiger partial charge in [-0.15, -0.1) is 0 Å². The van der Waals surface area contributed by atoms with E-state index in [1.807, 2.05) is 19.9 Å². The van der Waals surface area contributed by atoms with Gasteiger partial charge in [0.2, 0.25) is 5.88 Å². The monoisotopic (exact) mass is 458 g/mol. The fourth-order valence-electron chi connectivity index (χ4n) is 3.22. The van der Waals surface area contributed by atoms with Crippen LogP contribution in [0.2, 0.25) is 0 Å². The lowest BCUT2D eigenvalue weighted by Gasteiger charge is -2.21. The maximum atomic E-state index is 15.5. The van der Waals surface area contributed by atoms with Crippen LogP contribution in [0.15, 0.2) is 47.3 Å². The summed E-state index contributed by atoms with van der Waals surface area (Å²) in [5.74, 6) is -1.59. The number of nitrogens with two attached hydrogens (primary N) is 1. The summed E-state index contributed by atoms with van der Waals surface area (Å²) < 4.78 is 21.8. The molecule has 0 bridgehead atoms. The van der Waals surface area contributed by atoms with Gasteiger partial charge in [-0.3, -0.25) is 14.8 Å². The van der Waals surface area contributed by atoms with Gasteiger partial charge in [0.05, 0.1) is 30.3 Å². The smallest absolute Gasteiger partial charge is 0.251 e. The topological polar surface area (TPSA) is 91.0 Å². The Bertz CT molecular complexity index is 1040. The van der Waals surface area contributed by atoms with E-state index in [1.54, 1.807) is 18.3 Å². The molecule has 8 heteroatoms. The predicted octanol–water partition coefficient (Wildman–Crippen LogP) is 4.48. The third-order valence-electron chi connectivity index (χ3n) is 4.48. The lowest BCUT2D eigenvalue weighted by atomic mass is 9.86. The Morgan fingerprint density at radius 1 is 1.28 bits per heavy atom. The van der Waals surface area contributed by atoms with E-state index < -0.39 is 17.6 Å². The Morgan fingerprint density at radius 2 is 2.07 bits per heavy atom. The van der Waals surface area contributed by atoms with Crippen molar-refractivity contribution >= 4 is 21.8 Å². The van der Waals surface area contributed by atoms with Crippen LogP contribution in [0.4, 0.5) is 4.39 Å². The summed E-state index contributed by atoms with van der Waals surface area (Å²) >= 11 is 3.43. The van der Waals surface area contributed by atoms with Gasteiger partial charge >= 0.3 is 0 Å². The second-order valence-electron chi connectivity index (χ2n) is 6.29. The van der Waals surface area contributed by atoms with E-state index in [2.05, 4.69) is 30.9 Å². The molecule has 1 amide bonds. The van der Waals surface area contributed by atoms with Gasteiger partial charge in [-0.05, 0) is 31.5 Å². The number of hydrogen-bond acceptors (Lipinski definition) is 5. The number of halogens is 2. The lowest BCUT2D eigenvalue weighted by Crippen LogP contribution is -2.17. The number of carbonyl (C=O) groups is 1. The average Bonchev–Trinajstić information content (AvgIpc) is 2.70. The van der Waals surface area contributed by atoms with Crippen molar-refractivity contribution in [2.24, 2.45) is 5.73 Å². The number of aromatic nitrogens is 3. The summed E-state index contributed by atoms with van der Waals surface area (Å²) in [5.41, 5.74) is 7.13. The molecular formula is C21H20BrFN4O2. The number of carbonyl (C=O) groups excluding carboxylic acids is 1. The van der Waals surface area contributed by atoms with Crippen LogP contribution in [0.3, 0.4) is 0 Å². The van der Waals surface area contributed by atoms with Gasteiger partial charge in [-0.1, -0.05) is 28.9 Å². The number of primary amides is 1. The van der Waals surface area contributed by atoms with Crippen LogP contribution in [-0.2, 0) is 0 Å². The molecule has 0 aliphatic carbocycles. The number of hydrogen-bond donors (Lipinski definition) is 1. The molecule has 1 aromatic carbocycles. The zero-order valence-electron chi connectivity index (χ0n) is 16.0. The van der Waals surface area contributed by atoms with Gasteiger partial charge < -0.3 is 10.5 Å². The largest absolute Gasteiger partial charge is 0.477 e. The van der Waals surface area contributed by atoms with Crippen molar-refractivity contribution in [1.82, 2.24) is 15.0 Å². The molecule has 0 saturated heterocycles. The number of benzene rings is 1. The second kappa shape index (κ2) is 9.09. The summed E-state index contributed by atoms with van der Waals surface area (Å²) in [6.45, 7) is 4.20. The maximum absolute atomic E-state index is 15.5. The van der Waals surface area contributed by atoms with Gasteiger partial charge in [0, 0.05) is 33.4 Å². The molecule has 2 N–H and O–H groups in total. The van der Waals surface area contributed by atoms with Crippen LogP contribution in [-0.4, -0.2) is 27.5 Å². The Labute approximate surface area is 176 Å². The van der Waals surface area contributed by atoms with E-state index >= 15 is 4.39 Å². The number of amides is 1. The second-order valence-corrected chi connectivity index (χ2v) is 7.20. The Morgan fingerprint density at radius 3 is 2.72 bits per heavy atom. The molecule has 3 rings (SSSR count). The third kappa shape index (κ3) is 4.42. The van der Waals surface area contributed by atoms with Crippen molar-refractivity contribution in [2.45, 2.75) is 26.2 Å². The molecule has 1 atom stereocenters. The molecule has 0 radical (unpaired) electrons. The molecule has 2 aromatic heterocycles. The maximum Gasteiger partial charge on any atom is 0.251 e. The van der Waals surface area contributed by atoms with E-state index in [0.717, 1.165) is 4.47 Å². The van der Waals surface area contributed by atoms with Gasteiger partial charge in [-0.25, -0.2) is 9.37 Å². The minimum absolute atomic E-state index is 0.175. The lowest BCUT2D eigenvalue weighted by molar-refractivity contribution is 0.0996. The highest BCUT2D eigenvalue weighted by Crippen LogP contribution is 2.38. The minimum Gasteiger partial charge on any atom is -0.477 e. The van der Waals surface area contributed by atoms with Gasteiger partial charge in [0.15, 0.2) is 0 Å². The third-order valence-corrected chi connectivity index (χ3v) is 4.98. The van der Waals surface area contributed by atoms with Crippen molar-refractivity contribution in [3.63, 3.8) is 0 Å². The fraction of sp³-hybridized carbons (Fsp3) is 0.238. The highest BCUT2D eigenvalue weighted by molar-refractivity contribution is 9.10. The Hall–Kier alpha value is -2.87. The molecule has 2 heterocycles. The Balaban J connectivity index is 2.26. The standard InChI is InChI=1S/C21H20BrFN4O2/c1-3-13(16-9-12(22)7-8-26-16)19-14(5-6-15(20(19)23)21(24)28)17-10-25-11-18(27-17)29-4-2/h5-11,13H,3-4H2,1-2H3,(H2,24,28)/t13-/m0/s1. The fourth-order valence-corrected chi connectivity index (χ4v) is 3.57.